The van der Waals surface area contributed by atoms with Crippen molar-refractivity contribution in [2.24, 2.45) is 0 Å². The molecule has 1 aliphatic carbocycles. The summed E-state index contributed by atoms with van der Waals surface area (Å²) in [6.45, 7) is 0. The van der Waals surface area contributed by atoms with Crippen molar-refractivity contribution in [1.29, 1.82) is 0 Å². The highest BCUT2D eigenvalue weighted by atomic mass is 35.5. The molecule has 1 saturated carbocycles. The van der Waals surface area contributed by atoms with E-state index in [1.165, 1.54) is 6.20 Å². The maximum Gasteiger partial charge on any atom is 0.143 e. The first-order valence-corrected chi connectivity index (χ1v) is 6.03. The molecular formula is C13H13ClFNO. The zero-order valence-electron chi connectivity index (χ0n) is 9.34. The maximum absolute atomic E-state index is 13.4. The molecule has 0 aliphatic heterocycles. The van der Waals surface area contributed by atoms with E-state index in [0.29, 0.717) is 12.8 Å². The van der Waals surface area contributed by atoms with Gasteiger partial charge in [-0.1, -0.05) is 29.9 Å². The molecular weight excluding hydrogens is 241 g/mol. The van der Waals surface area contributed by atoms with Crippen molar-refractivity contribution in [2.75, 3.05) is 0 Å². The fourth-order valence-corrected chi connectivity index (χ4v) is 2.09. The second-order valence-electron chi connectivity index (χ2n) is 4.33. The van der Waals surface area contributed by atoms with Crippen LogP contribution in [-0.2, 0) is 0 Å². The molecule has 0 saturated heterocycles. The predicted molar refractivity (Wildman–Crippen MR) is 64.1 cm³/mol. The van der Waals surface area contributed by atoms with Gasteiger partial charge in [-0.15, -0.1) is 0 Å². The summed E-state index contributed by atoms with van der Waals surface area (Å²) in [7, 11) is 0. The Morgan fingerprint density at radius 3 is 2.71 bits per heavy atom. The number of rotatable bonds is 0. The molecule has 4 heteroatoms. The summed E-state index contributed by atoms with van der Waals surface area (Å²) in [4.78, 5) is 3.77. The average Bonchev–Trinajstić information content (AvgIpc) is 2.29. The Bertz CT molecular complexity index is 472. The number of pyridine rings is 1. The molecule has 0 unspecified atom stereocenters. The normalized spacial score (nSPS) is 18.3. The zero-order valence-corrected chi connectivity index (χ0v) is 10.1. The van der Waals surface area contributed by atoms with Crippen molar-refractivity contribution in [3.63, 3.8) is 0 Å². The Hall–Kier alpha value is -1.11. The van der Waals surface area contributed by atoms with Crippen LogP contribution in [0, 0.1) is 17.7 Å². The van der Waals surface area contributed by atoms with Gasteiger partial charge in [0.1, 0.15) is 16.6 Å². The van der Waals surface area contributed by atoms with E-state index >= 15 is 0 Å². The lowest BCUT2D eigenvalue weighted by molar-refractivity contribution is 0.0610. The highest BCUT2D eigenvalue weighted by Gasteiger charge is 2.26. The molecule has 0 bridgehead atoms. The van der Waals surface area contributed by atoms with E-state index in [1.807, 2.05) is 0 Å². The third kappa shape index (κ3) is 3.18. The number of nitrogens with zero attached hydrogens (tertiary/aromatic N) is 1. The first kappa shape index (κ1) is 12.3. The van der Waals surface area contributed by atoms with Gasteiger partial charge in [-0.2, -0.15) is 0 Å². The molecule has 0 atom stereocenters. The van der Waals surface area contributed by atoms with Gasteiger partial charge in [-0.25, -0.2) is 9.37 Å². The lowest BCUT2D eigenvalue weighted by Gasteiger charge is -2.26. The van der Waals surface area contributed by atoms with Gasteiger partial charge in [0.05, 0.1) is 5.56 Å². The van der Waals surface area contributed by atoms with Gasteiger partial charge < -0.3 is 5.11 Å². The third-order valence-corrected chi connectivity index (χ3v) is 3.14. The summed E-state index contributed by atoms with van der Waals surface area (Å²) in [6.07, 6.45) is 5.65. The minimum absolute atomic E-state index is 0.101. The van der Waals surface area contributed by atoms with Gasteiger partial charge in [0.25, 0.3) is 0 Å². The van der Waals surface area contributed by atoms with Gasteiger partial charge in [0, 0.05) is 12.3 Å². The average molecular weight is 254 g/mol. The van der Waals surface area contributed by atoms with Crippen LogP contribution in [0.4, 0.5) is 4.39 Å². The summed E-state index contributed by atoms with van der Waals surface area (Å²) in [5.41, 5.74) is -0.793. The quantitative estimate of drug-likeness (QED) is 0.570. The van der Waals surface area contributed by atoms with E-state index in [1.54, 1.807) is 0 Å². The van der Waals surface area contributed by atoms with E-state index in [9.17, 15) is 9.50 Å². The molecule has 1 heterocycles. The van der Waals surface area contributed by atoms with Crippen molar-refractivity contribution in [1.82, 2.24) is 4.98 Å². The van der Waals surface area contributed by atoms with Gasteiger partial charge in [-0.05, 0) is 25.7 Å². The minimum Gasteiger partial charge on any atom is -0.378 e. The topological polar surface area (TPSA) is 33.1 Å². The van der Waals surface area contributed by atoms with E-state index in [4.69, 9.17) is 11.6 Å². The summed E-state index contributed by atoms with van der Waals surface area (Å²) >= 11 is 5.54. The first-order valence-electron chi connectivity index (χ1n) is 5.66. The SMILES string of the molecule is OC1(C#Cc2cnc(Cl)cc2F)CCCCC1. The Labute approximate surface area is 105 Å². The Morgan fingerprint density at radius 2 is 2.06 bits per heavy atom. The molecule has 1 fully saturated rings. The van der Waals surface area contributed by atoms with Crippen LogP contribution in [-0.4, -0.2) is 15.7 Å². The van der Waals surface area contributed by atoms with Crippen LogP contribution in [0.5, 0.6) is 0 Å². The van der Waals surface area contributed by atoms with E-state index in [0.717, 1.165) is 25.3 Å². The number of aromatic nitrogens is 1. The molecule has 2 nitrogen and oxygen atoms in total. The summed E-state index contributed by atoms with van der Waals surface area (Å²) < 4.78 is 13.4. The van der Waals surface area contributed by atoms with E-state index in [2.05, 4.69) is 16.8 Å². The van der Waals surface area contributed by atoms with Crippen LogP contribution >= 0.6 is 11.6 Å². The fraction of sp³-hybridized carbons (Fsp3) is 0.462. The second kappa shape index (κ2) is 5.03. The Kier molecular flexibility index (Phi) is 3.66. The van der Waals surface area contributed by atoms with E-state index < -0.39 is 11.4 Å². The number of hydrogen-bond donors (Lipinski definition) is 1. The van der Waals surface area contributed by atoms with Gasteiger partial charge in [-0.3, -0.25) is 0 Å². The fourth-order valence-electron chi connectivity index (χ4n) is 1.94. The molecule has 2 rings (SSSR count). The number of halogens is 2. The number of aliphatic hydroxyl groups is 1. The third-order valence-electron chi connectivity index (χ3n) is 2.93. The van der Waals surface area contributed by atoms with Crippen molar-refractivity contribution < 1.29 is 9.50 Å². The molecule has 1 aromatic rings. The maximum atomic E-state index is 13.4. The van der Waals surface area contributed by atoms with Crippen molar-refractivity contribution in [3.05, 3.63) is 28.8 Å². The van der Waals surface area contributed by atoms with Crippen molar-refractivity contribution in [2.45, 2.75) is 37.7 Å². The van der Waals surface area contributed by atoms with Gasteiger partial charge in [0.2, 0.25) is 0 Å². The van der Waals surface area contributed by atoms with Gasteiger partial charge in [0.15, 0.2) is 0 Å². The smallest absolute Gasteiger partial charge is 0.143 e. The highest BCUT2D eigenvalue weighted by Crippen LogP contribution is 2.27. The van der Waals surface area contributed by atoms with Crippen molar-refractivity contribution >= 4 is 11.6 Å². The lowest BCUT2D eigenvalue weighted by Crippen LogP contribution is -2.29. The van der Waals surface area contributed by atoms with Crippen LogP contribution in [0.2, 0.25) is 5.15 Å². The molecule has 1 N–H and O–H groups in total. The summed E-state index contributed by atoms with van der Waals surface area (Å²) in [5.74, 6) is 4.91. The number of hydrogen-bond acceptors (Lipinski definition) is 2. The largest absolute Gasteiger partial charge is 0.378 e. The van der Waals surface area contributed by atoms with Gasteiger partial charge >= 0.3 is 0 Å². The van der Waals surface area contributed by atoms with Crippen LogP contribution in [0.25, 0.3) is 0 Å². The summed E-state index contributed by atoms with van der Waals surface area (Å²) in [6, 6.07) is 1.12. The molecule has 0 aromatic carbocycles. The highest BCUT2D eigenvalue weighted by molar-refractivity contribution is 6.29. The van der Waals surface area contributed by atoms with Crippen molar-refractivity contribution in [3.8, 4) is 11.8 Å². The lowest BCUT2D eigenvalue weighted by atomic mass is 9.85. The molecule has 17 heavy (non-hydrogen) atoms. The molecule has 0 spiro atoms. The zero-order chi connectivity index (χ0) is 12.3. The Morgan fingerprint density at radius 1 is 1.35 bits per heavy atom. The molecule has 0 amide bonds. The summed E-state index contributed by atoms with van der Waals surface area (Å²) in [5, 5.41) is 10.2. The second-order valence-corrected chi connectivity index (χ2v) is 4.72. The molecule has 1 aromatic heterocycles. The predicted octanol–water partition coefficient (Wildman–Crippen LogP) is 2.92. The first-order chi connectivity index (χ1) is 8.09. The molecule has 1 aliphatic rings. The van der Waals surface area contributed by atoms with Crippen LogP contribution in [0.1, 0.15) is 37.7 Å². The standard InChI is InChI=1S/C13H13ClFNO/c14-12-8-11(15)10(9-16-12)4-7-13(17)5-2-1-3-6-13/h8-9,17H,1-3,5-6H2. The minimum atomic E-state index is -0.968. The van der Waals surface area contributed by atoms with E-state index in [-0.39, 0.29) is 10.7 Å². The van der Waals surface area contributed by atoms with Crippen LogP contribution in [0.3, 0.4) is 0 Å². The monoisotopic (exact) mass is 253 g/mol. The Balaban J connectivity index is 2.20. The van der Waals surface area contributed by atoms with Crippen LogP contribution < -0.4 is 0 Å². The molecule has 90 valence electrons. The molecule has 0 radical (unpaired) electrons. The van der Waals surface area contributed by atoms with Crippen LogP contribution in [0.15, 0.2) is 12.3 Å².